The number of benzene rings is 2. The topological polar surface area (TPSA) is 209 Å². The molecule has 0 amide bonds. The molecule has 1 aliphatic rings. The first-order valence-corrected chi connectivity index (χ1v) is 18.1. The quantitative estimate of drug-likeness (QED) is 0.127. The molecule has 256 valence electrons. The molecule has 0 bridgehead atoms. The van der Waals surface area contributed by atoms with Crippen LogP contribution in [0, 0.1) is 0 Å². The summed E-state index contributed by atoms with van der Waals surface area (Å²) in [5.41, 5.74) is 3.76. The van der Waals surface area contributed by atoms with Gasteiger partial charge in [0.25, 0.3) is 0 Å². The van der Waals surface area contributed by atoms with Crippen LogP contribution in [0.25, 0.3) is 0 Å². The van der Waals surface area contributed by atoms with Gasteiger partial charge in [-0.2, -0.15) is 4.58 Å². The Bertz CT molecular complexity index is 1810. The van der Waals surface area contributed by atoms with Gasteiger partial charge in [-0.3, -0.25) is 9.59 Å². The van der Waals surface area contributed by atoms with E-state index >= 15 is 0 Å². The zero-order valence-corrected chi connectivity index (χ0v) is 28.9. The first-order valence-electron chi connectivity index (χ1n) is 14.5. The van der Waals surface area contributed by atoms with Crippen LogP contribution in [0.3, 0.4) is 0 Å². The van der Waals surface area contributed by atoms with Crippen LogP contribution in [0.2, 0.25) is 0 Å². The van der Waals surface area contributed by atoms with Crippen molar-refractivity contribution in [3.8, 4) is 0 Å². The van der Waals surface area contributed by atoms with Crippen molar-refractivity contribution in [1.82, 2.24) is 0 Å². The second-order valence-electron chi connectivity index (χ2n) is 10.7. The number of anilines is 1. The van der Waals surface area contributed by atoms with Gasteiger partial charge in [0.1, 0.15) is 6.54 Å². The first-order chi connectivity index (χ1) is 22.0. The minimum absolute atomic E-state index is 0.0211. The van der Waals surface area contributed by atoms with Crippen LogP contribution >= 0.6 is 0 Å². The number of carbonyl (C=O) groups excluding carboxylic acids is 2. The predicted octanol–water partition coefficient (Wildman–Crippen LogP) is 4.14. The predicted molar refractivity (Wildman–Crippen MR) is 175 cm³/mol. The lowest BCUT2D eigenvalue weighted by atomic mass is 9.77. The number of carbonyl (C=O) groups is 2. The number of para-hydroxylation sites is 1. The van der Waals surface area contributed by atoms with Gasteiger partial charge >= 0.3 is 21.2 Å². The van der Waals surface area contributed by atoms with Crippen molar-refractivity contribution in [3.05, 3.63) is 83.6 Å². The van der Waals surface area contributed by atoms with Crippen LogP contribution < -0.4 is 5.32 Å². The monoisotopic (exact) mass is 710 g/mol. The maximum atomic E-state index is 13.3. The Morgan fingerprint density at radius 3 is 1.98 bits per heavy atom. The van der Waals surface area contributed by atoms with E-state index < -0.39 is 42.5 Å². The van der Waals surface area contributed by atoms with E-state index in [4.69, 9.17) is 25.3 Å². The van der Waals surface area contributed by atoms with E-state index in [0.717, 1.165) is 22.6 Å². The van der Waals surface area contributed by atoms with Gasteiger partial charge in [-0.1, -0.05) is 38.1 Å². The molecular formula is C31H38N2O11S3. The van der Waals surface area contributed by atoms with Crippen molar-refractivity contribution >= 4 is 60.0 Å². The number of allylic oxidation sites excluding steroid dienone is 3. The van der Waals surface area contributed by atoms with Gasteiger partial charge in [0, 0.05) is 60.2 Å². The Balaban J connectivity index is 0.00000124. The van der Waals surface area contributed by atoms with Gasteiger partial charge in [-0.15, -0.1) is 25.3 Å². The molecule has 0 fully saturated rings. The highest BCUT2D eigenvalue weighted by Gasteiger charge is 2.47. The van der Waals surface area contributed by atoms with Gasteiger partial charge in [0.15, 0.2) is 17.3 Å². The molecule has 1 heterocycles. The fourth-order valence-corrected chi connectivity index (χ4v) is 5.51. The molecule has 0 atom stereocenters. The van der Waals surface area contributed by atoms with Crippen LogP contribution in [0.5, 0.6) is 0 Å². The summed E-state index contributed by atoms with van der Waals surface area (Å²) in [5.74, 6) is -0.551. The fraction of sp³-hybridized carbons (Fsp3) is 0.387. The third-order valence-corrected chi connectivity index (χ3v) is 7.59. The zero-order chi connectivity index (χ0) is 35.8. The molecule has 2 aromatic rings. The van der Waals surface area contributed by atoms with Crippen LogP contribution in [0.4, 0.5) is 11.4 Å². The van der Waals surface area contributed by atoms with Crippen molar-refractivity contribution in [1.29, 1.82) is 0 Å². The number of ketones is 2. The molecule has 47 heavy (non-hydrogen) atoms. The molecule has 1 aliphatic heterocycles. The molecule has 1 N–H and O–H groups in total. The average molecular weight is 711 g/mol. The number of hydrogen-bond donors (Lipinski definition) is 1. The van der Waals surface area contributed by atoms with Gasteiger partial charge in [-0.25, -0.2) is 8.42 Å². The SMILES string of the molecule is CCCC(=O)c1cc(C(=O)CCC)c2c(c1)[N+](CCCS(=O)(=O)[O-])=C(/C=C/C=C/Nc1ccccc1)C2(C)C.O=S(=O)=O.O=S(=O)=O. The largest absolute Gasteiger partial charge is 0.748 e. The highest BCUT2D eigenvalue weighted by atomic mass is 32.2. The van der Waals surface area contributed by atoms with E-state index in [1.165, 1.54) is 0 Å². The lowest BCUT2D eigenvalue weighted by Crippen LogP contribution is -2.29. The summed E-state index contributed by atoms with van der Waals surface area (Å²) in [5, 5.41) is 3.20. The van der Waals surface area contributed by atoms with E-state index in [9.17, 15) is 22.6 Å². The molecule has 0 spiro atoms. The van der Waals surface area contributed by atoms with Crippen molar-refractivity contribution in [2.45, 2.75) is 65.2 Å². The van der Waals surface area contributed by atoms with Gasteiger partial charge in [0.2, 0.25) is 5.69 Å². The zero-order valence-electron chi connectivity index (χ0n) is 26.5. The summed E-state index contributed by atoms with van der Waals surface area (Å²) in [6.07, 6.45) is 9.72. The van der Waals surface area contributed by atoms with E-state index in [1.54, 1.807) is 6.07 Å². The Hall–Kier alpha value is -4.12. The maximum Gasteiger partial charge on any atom is 0.425 e. The van der Waals surface area contributed by atoms with Gasteiger partial charge in [-0.05, 0) is 51.0 Å². The Morgan fingerprint density at radius 2 is 1.45 bits per heavy atom. The molecule has 0 unspecified atom stereocenters. The summed E-state index contributed by atoms with van der Waals surface area (Å²) < 4.78 is 86.7. The van der Waals surface area contributed by atoms with E-state index in [1.807, 2.05) is 93.1 Å². The van der Waals surface area contributed by atoms with Crippen molar-refractivity contribution in [3.63, 3.8) is 0 Å². The molecule has 0 radical (unpaired) electrons. The number of hydrogen-bond acceptors (Lipinski definition) is 12. The Labute approximate surface area is 278 Å². The fourth-order valence-electron chi connectivity index (χ4n) is 5.03. The van der Waals surface area contributed by atoms with Crippen LogP contribution in [0.15, 0.2) is 66.9 Å². The van der Waals surface area contributed by atoms with Crippen LogP contribution in [-0.4, -0.2) is 72.4 Å². The van der Waals surface area contributed by atoms with Crippen LogP contribution in [-0.2, 0) is 36.8 Å². The molecule has 0 aromatic heterocycles. The summed E-state index contributed by atoms with van der Waals surface area (Å²) in [6, 6.07) is 13.3. The molecule has 13 nitrogen and oxygen atoms in total. The Kier molecular flexibility index (Phi) is 17.0. The minimum Gasteiger partial charge on any atom is -0.748 e. The molecule has 0 saturated carbocycles. The molecule has 2 aromatic carbocycles. The van der Waals surface area contributed by atoms with Crippen molar-refractivity contribution in [2.75, 3.05) is 17.6 Å². The first kappa shape index (κ1) is 40.9. The second-order valence-corrected chi connectivity index (χ2v) is 13.0. The number of Topliss-reactive ketones (excluding diaryl/α,β-unsaturated/α-hetero) is 2. The van der Waals surface area contributed by atoms with Crippen molar-refractivity contribution < 1.29 is 52.4 Å². The van der Waals surface area contributed by atoms with E-state index in [0.29, 0.717) is 36.8 Å². The molecule has 0 saturated heterocycles. The average Bonchev–Trinajstić information content (AvgIpc) is 3.17. The molecule has 16 heteroatoms. The highest BCUT2D eigenvalue weighted by molar-refractivity contribution is 7.85. The molecule has 3 rings (SSSR count). The summed E-state index contributed by atoms with van der Waals surface area (Å²) >= 11 is 0. The number of nitrogens with zero attached hydrogens (tertiary/aromatic N) is 1. The standard InChI is InChI=1S/C31H38N2O5S.2O3S/c1-5-13-27(34)23-21-25(28(35)14-6-2)30-26(22-23)33(19-12-20-39(36,37)38)29(31(30,3)4)17-10-11-18-32-24-15-8-7-9-16-24;2*1-4(2)3/h7-11,15-18,21-22H,5-6,12-14,19-20H2,1-4H3,(H,36,37,38);;. The summed E-state index contributed by atoms with van der Waals surface area (Å²) in [7, 11) is -10.6. The summed E-state index contributed by atoms with van der Waals surface area (Å²) in [6.45, 7) is 8.19. The highest BCUT2D eigenvalue weighted by Crippen LogP contribution is 2.44. The number of fused-ring (bicyclic) bond motifs is 1. The van der Waals surface area contributed by atoms with Crippen LogP contribution in [0.1, 0.15) is 86.1 Å². The third-order valence-electron chi connectivity index (χ3n) is 6.80. The second kappa shape index (κ2) is 19.5. The Morgan fingerprint density at radius 1 is 0.894 bits per heavy atom. The van der Waals surface area contributed by atoms with Crippen molar-refractivity contribution in [2.24, 2.45) is 0 Å². The lowest BCUT2D eigenvalue weighted by molar-refractivity contribution is -0.437. The maximum absolute atomic E-state index is 13.3. The normalized spacial score (nSPS) is 13.3. The number of nitrogens with one attached hydrogen (secondary N) is 1. The van der Waals surface area contributed by atoms with Gasteiger partial charge in [0.05, 0.1) is 21.1 Å². The molecule has 0 aliphatic carbocycles. The summed E-state index contributed by atoms with van der Waals surface area (Å²) in [4.78, 5) is 26.3. The molecular weight excluding hydrogens is 673 g/mol. The van der Waals surface area contributed by atoms with E-state index in [2.05, 4.69) is 5.32 Å². The minimum atomic E-state index is -4.38. The smallest absolute Gasteiger partial charge is 0.425 e. The van der Waals surface area contributed by atoms with Gasteiger partial charge < -0.3 is 9.87 Å². The third kappa shape index (κ3) is 14.0. The van der Waals surface area contributed by atoms with E-state index in [-0.39, 0.29) is 24.5 Å². The number of rotatable bonds is 14. The lowest BCUT2D eigenvalue weighted by Gasteiger charge is -2.19.